The van der Waals surface area contributed by atoms with Crippen molar-refractivity contribution in [1.29, 1.82) is 0 Å². The number of aliphatic carboxylic acids is 1. The highest BCUT2D eigenvalue weighted by Crippen LogP contribution is 2.77. The zero-order chi connectivity index (χ0) is 37.8. The largest absolute Gasteiger partial charge is 0.481 e. The number of hydrogen-bond donors (Lipinski definition) is 1. The average molecular weight is 750 g/mol. The van der Waals surface area contributed by atoms with Gasteiger partial charge in [0.15, 0.2) is 10.8 Å². The maximum Gasteiger partial charge on any atom is 0.309 e. The summed E-state index contributed by atoms with van der Waals surface area (Å²) in [7, 11) is 0. The van der Waals surface area contributed by atoms with Crippen molar-refractivity contribution in [2.75, 3.05) is 0 Å². The topological polar surface area (TPSA) is 119 Å². The molecule has 0 aromatic carbocycles. The van der Waals surface area contributed by atoms with E-state index >= 15 is 0 Å². The maximum absolute atomic E-state index is 14.2. The lowest BCUT2D eigenvalue weighted by molar-refractivity contribution is -0.232. The first-order valence-electron chi connectivity index (χ1n) is 19.4. The number of carbonyl (C=O) groups is 3. The Kier molecular flexibility index (Phi) is 9.01. The third kappa shape index (κ3) is 5.39. The fraction of sp³-hybridized carbons (Fsp3) is 0.714. The van der Waals surface area contributed by atoms with Gasteiger partial charge >= 0.3 is 11.9 Å². The number of ether oxygens (including phenoxy) is 1. The van der Waals surface area contributed by atoms with Crippen LogP contribution in [0.5, 0.6) is 0 Å². The van der Waals surface area contributed by atoms with E-state index in [0.717, 1.165) is 72.6 Å². The molecule has 0 aliphatic heterocycles. The van der Waals surface area contributed by atoms with Crippen LogP contribution in [-0.4, -0.2) is 44.1 Å². The number of carboxylic acids is 1. The number of rotatable bonds is 7. The fourth-order valence-corrected chi connectivity index (χ4v) is 13.9. The third-order valence-electron chi connectivity index (χ3n) is 15.6. The highest BCUT2D eigenvalue weighted by atomic mass is 35.5. The first kappa shape index (κ1) is 37.7. The van der Waals surface area contributed by atoms with Crippen molar-refractivity contribution in [3.8, 4) is 10.7 Å². The molecule has 4 saturated carbocycles. The Labute approximate surface area is 318 Å². The van der Waals surface area contributed by atoms with Gasteiger partial charge in [0.05, 0.1) is 22.3 Å². The zero-order valence-electron chi connectivity index (χ0n) is 32.4. The summed E-state index contributed by atoms with van der Waals surface area (Å²) in [5.74, 6) is 0.169. The smallest absolute Gasteiger partial charge is 0.309 e. The van der Waals surface area contributed by atoms with Crippen LogP contribution in [0.4, 0.5) is 0 Å². The molecule has 0 saturated heterocycles. The van der Waals surface area contributed by atoms with E-state index < -0.39 is 22.8 Å². The zero-order valence-corrected chi connectivity index (χ0v) is 34.0. The molecule has 10 heteroatoms. The molecule has 2 heterocycles. The van der Waals surface area contributed by atoms with Gasteiger partial charge in [0, 0.05) is 18.0 Å². The molecule has 0 spiro atoms. The number of esters is 1. The first-order valence-corrected chi connectivity index (χ1v) is 20.6. The Balaban J connectivity index is 1.20. The molecular weight excluding hydrogens is 694 g/mol. The summed E-state index contributed by atoms with van der Waals surface area (Å²) >= 11 is 7.72. The molecule has 7 rings (SSSR count). The van der Waals surface area contributed by atoms with E-state index in [1.807, 2.05) is 12.1 Å². The van der Waals surface area contributed by atoms with Crippen LogP contribution in [-0.2, 0) is 24.5 Å². The molecule has 1 unspecified atom stereocenters. The number of allylic oxidation sites excluding steroid dienone is 2. The highest BCUT2D eigenvalue weighted by Gasteiger charge is 2.70. The number of carbonyl (C=O) groups excluding carboxylic acids is 2. The second kappa shape index (κ2) is 12.4. The minimum Gasteiger partial charge on any atom is -0.481 e. The van der Waals surface area contributed by atoms with E-state index in [0.29, 0.717) is 23.3 Å². The van der Waals surface area contributed by atoms with Crippen molar-refractivity contribution in [1.82, 2.24) is 15.2 Å². The first-order chi connectivity index (χ1) is 24.2. The SMILES string of the molecule is CC(C)C1=C2C3CC[C@@H]4[C@@]5(C)CC[C@H](OC(=O)CC(C)(C)C(=O)O)C(C)(C)[C@@H]5CC[C@@]4(C)[C@]3(C)CC[C@@]2(c2nnc(-c3ccc(Cl)cn3)s2)CC1=O. The van der Waals surface area contributed by atoms with Gasteiger partial charge in [-0.3, -0.25) is 19.4 Å². The molecule has 0 radical (unpaired) electrons. The second-order valence-corrected chi connectivity index (χ2v) is 20.7. The lowest BCUT2D eigenvalue weighted by atomic mass is 9.33. The van der Waals surface area contributed by atoms with E-state index in [1.165, 1.54) is 5.57 Å². The van der Waals surface area contributed by atoms with Gasteiger partial charge in [-0.1, -0.05) is 71.4 Å². The van der Waals surface area contributed by atoms with E-state index in [9.17, 15) is 19.5 Å². The minimum atomic E-state index is -1.16. The Bertz CT molecular complexity index is 1830. The lowest BCUT2D eigenvalue weighted by Gasteiger charge is -2.72. The van der Waals surface area contributed by atoms with Crippen molar-refractivity contribution in [3.63, 3.8) is 0 Å². The van der Waals surface area contributed by atoms with Crippen molar-refractivity contribution in [2.45, 2.75) is 138 Å². The number of nitrogens with zero attached hydrogens (tertiary/aromatic N) is 3. The number of pyridine rings is 1. The van der Waals surface area contributed by atoms with Gasteiger partial charge in [-0.25, -0.2) is 0 Å². The molecule has 5 aliphatic carbocycles. The molecule has 1 N–H and O–H groups in total. The van der Waals surface area contributed by atoms with Crippen LogP contribution in [0.2, 0.25) is 5.02 Å². The number of halogens is 1. The van der Waals surface area contributed by atoms with Crippen molar-refractivity contribution in [3.05, 3.63) is 39.5 Å². The van der Waals surface area contributed by atoms with E-state index in [1.54, 1.807) is 31.4 Å². The Morgan fingerprint density at radius 3 is 2.37 bits per heavy atom. The maximum atomic E-state index is 14.2. The molecule has 0 bridgehead atoms. The minimum absolute atomic E-state index is 0.00855. The average Bonchev–Trinajstić information content (AvgIpc) is 3.66. The van der Waals surface area contributed by atoms with E-state index in [2.05, 4.69) is 58.5 Å². The number of carboxylic acid groups (broad SMARTS) is 1. The van der Waals surface area contributed by atoms with Gasteiger partial charge in [-0.2, -0.15) is 0 Å². The highest BCUT2D eigenvalue weighted by molar-refractivity contribution is 7.14. The fourth-order valence-electron chi connectivity index (χ4n) is 12.7. The molecule has 5 aliphatic rings. The number of ketones is 1. The molecular formula is C42H56ClN3O5S. The summed E-state index contributed by atoms with van der Waals surface area (Å²) in [6.45, 7) is 19.7. The normalized spacial score (nSPS) is 36.9. The Morgan fingerprint density at radius 2 is 1.71 bits per heavy atom. The molecule has 282 valence electrons. The molecule has 2 aromatic heterocycles. The van der Waals surface area contributed by atoms with Crippen molar-refractivity contribution >= 4 is 40.7 Å². The van der Waals surface area contributed by atoms with Gasteiger partial charge in [-0.05, 0) is 128 Å². The van der Waals surface area contributed by atoms with Gasteiger partial charge in [-0.15, -0.1) is 10.2 Å². The second-order valence-electron chi connectivity index (χ2n) is 19.3. The Morgan fingerprint density at radius 1 is 0.981 bits per heavy atom. The predicted octanol–water partition coefficient (Wildman–Crippen LogP) is 9.90. The quantitative estimate of drug-likeness (QED) is 0.278. The van der Waals surface area contributed by atoms with Gasteiger partial charge in [0.1, 0.15) is 16.8 Å². The number of Topliss-reactive ketones (excluding diaryl/α,β-unsaturated/α-hetero) is 1. The molecule has 2 aromatic rings. The van der Waals surface area contributed by atoms with Crippen LogP contribution >= 0.6 is 22.9 Å². The lowest BCUT2D eigenvalue weighted by Crippen LogP contribution is -2.66. The molecule has 0 amide bonds. The summed E-state index contributed by atoms with van der Waals surface area (Å²) < 4.78 is 6.17. The van der Waals surface area contributed by atoms with Crippen LogP contribution < -0.4 is 0 Å². The summed E-state index contributed by atoms with van der Waals surface area (Å²) in [5.41, 5.74) is 1.47. The van der Waals surface area contributed by atoms with Crippen LogP contribution in [0.1, 0.15) is 132 Å². The standard InChI is InChI=1S/C42H56ClN3O5S/c1-23(2)32-27(47)20-42(35-46-45-34(52-35)26-12-10-24(43)22-44-26)19-18-40(8)25(33(32)42)11-13-29-39(7)16-15-30(51-31(48)21-37(3,4)36(49)50)38(5,6)28(39)14-17-41(29,40)9/h10,12,22-23,25,28-30H,11,13-21H2,1-9H3,(H,49,50)/t25?,28-,29+,30-,39-,40+,41+,42+/m0/s1. The van der Waals surface area contributed by atoms with E-state index in [4.69, 9.17) is 21.4 Å². The van der Waals surface area contributed by atoms with Gasteiger partial charge < -0.3 is 9.84 Å². The monoisotopic (exact) mass is 749 g/mol. The van der Waals surface area contributed by atoms with E-state index in [-0.39, 0.29) is 51.8 Å². The Hall–Kier alpha value is -2.65. The van der Waals surface area contributed by atoms with Crippen molar-refractivity contribution in [2.24, 2.45) is 50.7 Å². The predicted molar refractivity (Wildman–Crippen MR) is 203 cm³/mol. The molecule has 52 heavy (non-hydrogen) atoms. The third-order valence-corrected chi connectivity index (χ3v) is 17.0. The summed E-state index contributed by atoms with van der Waals surface area (Å²) in [4.78, 5) is 43.5. The summed E-state index contributed by atoms with van der Waals surface area (Å²) in [6.07, 6.45) is 9.74. The summed E-state index contributed by atoms with van der Waals surface area (Å²) in [6, 6.07) is 3.71. The van der Waals surface area contributed by atoms with Gasteiger partial charge in [0.2, 0.25) is 0 Å². The molecule has 8 atom stereocenters. The van der Waals surface area contributed by atoms with Crippen molar-refractivity contribution < 1.29 is 24.2 Å². The van der Waals surface area contributed by atoms with Crippen LogP contribution in [0.3, 0.4) is 0 Å². The number of aromatic nitrogens is 3. The van der Waals surface area contributed by atoms with Crippen LogP contribution in [0.25, 0.3) is 10.7 Å². The van der Waals surface area contributed by atoms with Gasteiger partial charge in [0.25, 0.3) is 0 Å². The van der Waals surface area contributed by atoms with Crippen LogP contribution in [0, 0.1) is 50.7 Å². The molecule has 8 nitrogen and oxygen atoms in total. The summed E-state index contributed by atoms with van der Waals surface area (Å²) in [5, 5.41) is 21.4. The number of hydrogen-bond acceptors (Lipinski definition) is 8. The molecule has 4 fully saturated rings. The van der Waals surface area contributed by atoms with Crippen LogP contribution in [0.15, 0.2) is 29.5 Å². The number of fused-ring (bicyclic) bond motifs is 7.